The van der Waals surface area contributed by atoms with Gasteiger partial charge < -0.3 is 30.1 Å². The van der Waals surface area contributed by atoms with Gasteiger partial charge in [0.25, 0.3) is 0 Å². The Balaban J connectivity index is 1.34. The molecule has 0 saturated carbocycles. The number of methoxy groups -OCH3 is 1. The molecule has 4 rings (SSSR count). The third-order valence-electron chi connectivity index (χ3n) is 5.34. The maximum atomic E-state index is 12.5. The number of hydrogen-bond donors (Lipinski definition) is 3. The molecule has 3 aromatic rings. The lowest BCUT2D eigenvalue weighted by molar-refractivity contribution is -0.0502. The Morgan fingerprint density at radius 3 is 2.68 bits per heavy atom. The van der Waals surface area contributed by atoms with Gasteiger partial charge in [-0.2, -0.15) is 13.9 Å². The lowest BCUT2D eigenvalue weighted by atomic mass is 10.1. The average Bonchev–Trinajstić information content (AvgIpc) is 3.29. The number of aromatic nitrogens is 4. The molecule has 1 saturated heterocycles. The molecule has 3 heterocycles. The first-order valence-electron chi connectivity index (χ1n) is 10.7. The highest BCUT2D eigenvalue weighted by Gasteiger charge is 2.25. The van der Waals surface area contributed by atoms with Crippen LogP contribution in [0.5, 0.6) is 5.75 Å². The van der Waals surface area contributed by atoms with E-state index < -0.39 is 18.9 Å². The van der Waals surface area contributed by atoms with Gasteiger partial charge in [0.1, 0.15) is 17.7 Å². The minimum Gasteiger partial charge on any atom is -0.435 e. The number of nitrogens with zero attached hydrogens (tertiary/aromatic N) is 5. The minimum absolute atomic E-state index is 0.0244. The van der Waals surface area contributed by atoms with Crippen molar-refractivity contribution in [3.63, 3.8) is 0 Å². The van der Waals surface area contributed by atoms with Crippen molar-refractivity contribution in [1.29, 1.82) is 0 Å². The number of ether oxygens (including phenoxy) is 2. The van der Waals surface area contributed by atoms with Gasteiger partial charge in [-0.1, -0.05) is 12.1 Å². The molecule has 0 amide bonds. The standard InChI is InChI=1S/C22H25F2N7O3/c1-33-20(14-4-2-5-16(12-14)34-22(23)24)21(32)27-18-7-8-19(30-29-18)31-11-9-15(13-31)26-17-6-3-10-25-28-17/h2-8,10,12,15,20-22,32H,9,11,13H2,1H3,(H,26,28)(H,27,29)/t15-,20-,21?/m1/s1. The highest BCUT2D eigenvalue weighted by molar-refractivity contribution is 5.46. The van der Waals surface area contributed by atoms with Crippen molar-refractivity contribution < 1.29 is 23.4 Å². The van der Waals surface area contributed by atoms with Gasteiger partial charge in [0, 0.05) is 32.4 Å². The first-order valence-corrected chi connectivity index (χ1v) is 10.7. The van der Waals surface area contributed by atoms with Crippen LogP contribution in [0.4, 0.5) is 26.2 Å². The van der Waals surface area contributed by atoms with Gasteiger partial charge >= 0.3 is 6.61 Å². The van der Waals surface area contributed by atoms with E-state index in [1.54, 1.807) is 24.4 Å². The number of halogens is 2. The maximum Gasteiger partial charge on any atom is 0.387 e. The van der Waals surface area contributed by atoms with E-state index in [2.05, 4.69) is 40.7 Å². The van der Waals surface area contributed by atoms with Crippen LogP contribution in [0.15, 0.2) is 54.7 Å². The predicted molar refractivity (Wildman–Crippen MR) is 121 cm³/mol. The molecule has 1 aliphatic rings. The zero-order valence-electron chi connectivity index (χ0n) is 18.4. The summed E-state index contributed by atoms with van der Waals surface area (Å²) in [5.41, 5.74) is 0.462. The number of rotatable bonds is 10. The molecule has 0 aliphatic carbocycles. The second-order valence-electron chi connectivity index (χ2n) is 7.66. The summed E-state index contributed by atoms with van der Waals surface area (Å²) in [6.07, 6.45) is 0.483. The Kier molecular flexibility index (Phi) is 7.60. The Labute approximate surface area is 194 Å². The summed E-state index contributed by atoms with van der Waals surface area (Å²) in [4.78, 5) is 2.10. The number of aliphatic hydroxyl groups is 1. The summed E-state index contributed by atoms with van der Waals surface area (Å²) in [7, 11) is 1.41. The average molecular weight is 473 g/mol. The third-order valence-corrected chi connectivity index (χ3v) is 5.34. The fourth-order valence-corrected chi connectivity index (χ4v) is 3.79. The monoisotopic (exact) mass is 473 g/mol. The van der Waals surface area contributed by atoms with E-state index in [4.69, 9.17) is 4.74 Å². The number of benzene rings is 1. The summed E-state index contributed by atoms with van der Waals surface area (Å²) >= 11 is 0. The molecule has 3 N–H and O–H groups in total. The Morgan fingerprint density at radius 2 is 1.97 bits per heavy atom. The summed E-state index contributed by atoms with van der Waals surface area (Å²) in [6, 6.07) is 13.4. The van der Waals surface area contributed by atoms with E-state index in [9.17, 15) is 13.9 Å². The topological polar surface area (TPSA) is 118 Å². The van der Waals surface area contributed by atoms with Crippen LogP contribution in [0.25, 0.3) is 0 Å². The van der Waals surface area contributed by atoms with Crippen molar-refractivity contribution in [2.45, 2.75) is 31.4 Å². The van der Waals surface area contributed by atoms with Crippen molar-refractivity contribution in [1.82, 2.24) is 20.4 Å². The number of nitrogens with one attached hydrogen (secondary N) is 2. The van der Waals surface area contributed by atoms with Crippen molar-refractivity contribution in [2.24, 2.45) is 0 Å². The van der Waals surface area contributed by atoms with Gasteiger partial charge in [-0.25, -0.2) is 0 Å². The van der Waals surface area contributed by atoms with Gasteiger partial charge in [-0.15, -0.1) is 15.3 Å². The normalized spacial score (nSPS) is 17.4. The molecule has 12 heteroatoms. The Bertz CT molecular complexity index is 1050. The van der Waals surface area contributed by atoms with Crippen LogP contribution in [0, 0.1) is 0 Å². The zero-order valence-corrected chi connectivity index (χ0v) is 18.4. The van der Waals surface area contributed by atoms with E-state index in [0.717, 1.165) is 25.3 Å². The number of anilines is 3. The Hall–Kier alpha value is -3.64. The fraction of sp³-hybridized carbons (Fsp3) is 0.364. The zero-order chi connectivity index (χ0) is 23.9. The van der Waals surface area contributed by atoms with Crippen molar-refractivity contribution >= 4 is 17.5 Å². The molecule has 34 heavy (non-hydrogen) atoms. The van der Waals surface area contributed by atoms with E-state index >= 15 is 0 Å². The number of hydrogen-bond acceptors (Lipinski definition) is 10. The van der Waals surface area contributed by atoms with Crippen LogP contribution < -0.4 is 20.3 Å². The molecule has 3 atom stereocenters. The largest absolute Gasteiger partial charge is 0.435 e. The molecule has 1 aromatic carbocycles. The fourth-order valence-electron chi connectivity index (χ4n) is 3.79. The van der Waals surface area contributed by atoms with Gasteiger partial charge in [0.15, 0.2) is 17.9 Å². The summed E-state index contributed by atoms with van der Waals surface area (Å²) in [6.45, 7) is -1.39. The summed E-state index contributed by atoms with van der Waals surface area (Å²) in [5.74, 6) is 1.76. The molecule has 1 unspecified atom stereocenters. The predicted octanol–water partition coefficient (Wildman–Crippen LogP) is 2.68. The number of alkyl halides is 2. The smallest absolute Gasteiger partial charge is 0.387 e. The van der Waals surface area contributed by atoms with Crippen molar-refractivity contribution in [3.8, 4) is 5.75 Å². The number of aliphatic hydroxyl groups excluding tert-OH is 1. The molecule has 10 nitrogen and oxygen atoms in total. The van der Waals surface area contributed by atoms with Crippen molar-refractivity contribution in [3.05, 3.63) is 60.3 Å². The second kappa shape index (κ2) is 11.0. The highest BCUT2D eigenvalue weighted by atomic mass is 19.3. The SMILES string of the molecule is CO[C@H](c1cccc(OC(F)F)c1)C(O)Nc1ccc(N2CC[C@@H](Nc3cccnn3)C2)nn1. The summed E-state index contributed by atoms with van der Waals surface area (Å²) < 4.78 is 34.8. The molecular weight excluding hydrogens is 448 g/mol. The lowest BCUT2D eigenvalue weighted by Gasteiger charge is -2.24. The van der Waals surface area contributed by atoms with Crippen LogP contribution >= 0.6 is 0 Å². The van der Waals surface area contributed by atoms with Gasteiger partial charge in [0.2, 0.25) is 0 Å². The lowest BCUT2D eigenvalue weighted by Crippen LogP contribution is -2.29. The van der Waals surface area contributed by atoms with Crippen LogP contribution in [-0.4, -0.2) is 64.6 Å². The van der Waals surface area contributed by atoms with Gasteiger partial charge in [0.05, 0.1) is 0 Å². The third kappa shape index (κ3) is 6.02. The molecule has 2 aromatic heterocycles. The van der Waals surface area contributed by atoms with Gasteiger partial charge in [-0.05, 0) is 48.4 Å². The molecular formula is C22H25F2N7O3. The molecule has 0 bridgehead atoms. The van der Waals surface area contributed by atoms with E-state index in [1.807, 2.05) is 18.2 Å². The molecule has 0 radical (unpaired) electrons. The summed E-state index contributed by atoms with van der Waals surface area (Å²) in [5, 5.41) is 33.1. The highest BCUT2D eigenvalue weighted by Crippen LogP contribution is 2.26. The first kappa shape index (κ1) is 23.5. The Morgan fingerprint density at radius 1 is 1.09 bits per heavy atom. The molecule has 1 aliphatic heterocycles. The van der Waals surface area contributed by atoms with E-state index in [-0.39, 0.29) is 11.8 Å². The molecule has 180 valence electrons. The maximum absolute atomic E-state index is 12.5. The van der Waals surface area contributed by atoms with Crippen molar-refractivity contribution in [2.75, 3.05) is 35.7 Å². The van der Waals surface area contributed by atoms with Crippen LogP contribution in [-0.2, 0) is 4.74 Å². The first-order chi connectivity index (χ1) is 16.5. The minimum atomic E-state index is -2.94. The van der Waals surface area contributed by atoms with Gasteiger partial charge in [-0.3, -0.25) is 0 Å². The van der Waals surface area contributed by atoms with Crippen LogP contribution in [0.2, 0.25) is 0 Å². The van der Waals surface area contributed by atoms with Crippen LogP contribution in [0.1, 0.15) is 18.1 Å². The second-order valence-corrected chi connectivity index (χ2v) is 7.66. The molecule has 1 fully saturated rings. The van der Waals surface area contributed by atoms with Crippen LogP contribution in [0.3, 0.4) is 0 Å². The van der Waals surface area contributed by atoms with E-state index in [0.29, 0.717) is 17.2 Å². The molecule has 0 spiro atoms. The van der Waals surface area contributed by atoms with E-state index in [1.165, 1.54) is 19.2 Å². The quantitative estimate of drug-likeness (QED) is 0.379.